The van der Waals surface area contributed by atoms with Crippen LogP contribution in [-0.2, 0) is 6.42 Å². The summed E-state index contributed by atoms with van der Waals surface area (Å²) in [5.74, 6) is 1.40. The zero-order chi connectivity index (χ0) is 21.1. The van der Waals surface area contributed by atoms with Gasteiger partial charge in [0.1, 0.15) is 0 Å². The minimum absolute atomic E-state index is 0. The summed E-state index contributed by atoms with van der Waals surface area (Å²) in [5, 5.41) is 6.57. The van der Waals surface area contributed by atoms with Crippen molar-refractivity contribution >= 4 is 10.8 Å². The van der Waals surface area contributed by atoms with Gasteiger partial charge in [0.15, 0.2) is 11.5 Å². The zero-order valence-corrected chi connectivity index (χ0v) is 19.1. The molecule has 1 aliphatic heterocycles. The number of halogens is 1. The van der Waals surface area contributed by atoms with E-state index in [1.165, 1.54) is 4.90 Å². The fourth-order valence-electron chi connectivity index (χ4n) is 4.40. The molecule has 31 heavy (non-hydrogen) atoms. The predicted octanol–water partition coefficient (Wildman–Crippen LogP) is -0.752. The standard InChI is InChI=1S/C24H29N3O3.ClH/c1-26-13-6-7-18(12-14-26)27-24(28)20-9-5-4-8-19(20)21(25-27)15-17-10-11-22(29-2)23(16-17)30-3;/h4-5,8-11,16,18H,6-7,12-15H2,1-3H3;1H. The van der Waals surface area contributed by atoms with Crippen LogP contribution in [0.5, 0.6) is 11.5 Å². The normalized spacial score (nSPS) is 18.8. The summed E-state index contributed by atoms with van der Waals surface area (Å²) in [4.78, 5) is 14.8. The molecule has 4 rings (SSSR count). The van der Waals surface area contributed by atoms with Crippen LogP contribution in [0.25, 0.3) is 10.8 Å². The topological polar surface area (TPSA) is 57.8 Å². The van der Waals surface area contributed by atoms with Crippen LogP contribution in [0.1, 0.15) is 36.6 Å². The average molecular weight is 444 g/mol. The molecule has 0 radical (unpaired) electrons. The lowest BCUT2D eigenvalue weighted by atomic mass is 10.0. The van der Waals surface area contributed by atoms with Crippen LogP contribution in [0, 0.1) is 0 Å². The number of nitrogens with zero attached hydrogens (tertiary/aromatic N) is 2. The number of nitrogens with one attached hydrogen (secondary N) is 1. The molecule has 1 aromatic heterocycles. The number of hydrogen-bond donors (Lipinski definition) is 1. The summed E-state index contributed by atoms with van der Waals surface area (Å²) < 4.78 is 12.6. The van der Waals surface area contributed by atoms with Crippen LogP contribution in [0.15, 0.2) is 47.3 Å². The summed E-state index contributed by atoms with van der Waals surface area (Å²) in [5.41, 5.74) is 2.01. The Kier molecular flexibility index (Phi) is 7.57. The lowest BCUT2D eigenvalue weighted by Gasteiger charge is -2.18. The highest BCUT2D eigenvalue weighted by Gasteiger charge is 2.22. The SMILES string of the molecule is COc1ccc(Cc2nn(C3CCC[NH+](C)CC3)c(=O)c3ccccc23)cc1OC.[Cl-]. The van der Waals surface area contributed by atoms with Crippen molar-refractivity contribution in [1.29, 1.82) is 0 Å². The van der Waals surface area contributed by atoms with Crippen molar-refractivity contribution in [3.05, 3.63) is 64.1 Å². The molecule has 0 bridgehead atoms. The first-order valence-corrected chi connectivity index (χ1v) is 10.6. The Morgan fingerprint density at radius 3 is 2.52 bits per heavy atom. The van der Waals surface area contributed by atoms with Gasteiger partial charge in [-0.25, -0.2) is 4.68 Å². The molecule has 1 aliphatic rings. The molecule has 0 aliphatic carbocycles. The minimum Gasteiger partial charge on any atom is -1.00 e. The third kappa shape index (κ3) is 4.86. The van der Waals surface area contributed by atoms with Gasteiger partial charge in [-0.1, -0.05) is 24.3 Å². The Hall–Kier alpha value is -2.57. The quantitative estimate of drug-likeness (QED) is 0.563. The molecule has 2 unspecified atom stereocenters. The molecule has 166 valence electrons. The molecule has 7 heteroatoms. The molecule has 1 N–H and O–H groups in total. The largest absolute Gasteiger partial charge is 1.00 e. The third-order valence-corrected chi connectivity index (χ3v) is 6.12. The highest BCUT2D eigenvalue weighted by molar-refractivity contribution is 5.83. The molecule has 2 atom stereocenters. The number of methoxy groups -OCH3 is 2. The van der Waals surface area contributed by atoms with Crippen LogP contribution in [0.3, 0.4) is 0 Å². The van der Waals surface area contributed by atoms with E-state index in [9.17, 15) is 4.79 Å². The van der Waals surface area contributed by atoms with E-state index in [-0.39, 0.29) is 24.0 Å². The van der Waals surface area contributed by atoms with E-state index in [2.05, 4.69) is 7.05 Å². The van der Waals surface area contributed by atoms with Gasteiger partial charge in [-0.05, 0) is 36.6 Å². The molecule has 6 nitrogen and oxygen atoms in total. The van der Waals surface area contributed by atoms with E-state index in [0.717, 1.165) is 54.4 Å². The van der Waals surface area contributed by atoms with Crippen LogP contribution >= 0.6 is 0 Å². The van der Waals surface area contributed by atoms with Gasteiger partial charge in [0, 0.05) is 18.2 Å². The molecular weight excluding hydrogens is 414 g/mol. The lowest BCUT2D eigenvalue weighted by Crippen LogP contribution is -3.08. The van der Waals surface area contributed by atoms with Crippen molar-refractivity contribution in [1.82, 2.24) is 9.78 Å². The number of aromatic nitrogens is 2. The van der Waals surface area contributed by atoms with Gasteiger partial charge in [-0.2, -0.15) is 5.10 Å². The average Bonchev–Trinajstić information content (AvgIpc) is 3.00. The first-order chi connectivity index (χ1) is 14.6. The summed E-state index contributed by atoms with van der Waals surface area (Å²) in [7, 11) is 5.50. The van der Waals surface area contributed by atoms with Gasteiger partial charge in [0.2, 0.25) is 0 Å². The Morgan fingerprint density at radius 2 is 1.77 bits per heavy atom. The second kappa shape index (κ2) is 10.2. The number of ether oxygens (including phenoxy) is 2. The van der Waals surface area contributed by atoms with E-state index in [0.29, 0.717) is 17.9 Å². The second-order valence-corrected chi connectivity index (χ2v) is 8.15. The highest BCUT2D eigenvalue weighted by atomic mass is 35.5. The van der Waals surface area contributed by atoms with Crippen LogP contribution in [0.2, 0.25) is 0 Å². The van der Waals surface area contributed by atoms with E-state index in [4.69, 9.17) is 14.6 Å². The molecule has 3 aromatic rings. The Bertz CT molecular complexity index is 1100. The van der Waals surface area contributed by atoms with Crippen LogP contribution in [-0.4, -0.2) is 44.1 Å². The van der Waals surface area contributed by atoms with E-state index >= 15 is 0 Å². The van der Waals surface area contributed by atoms with Crippen molar-refractivity contribution in [3.8, 4) is 11.5 Å². The zero-order valence-electron chi connectivity index (χ0n) is 18.4. The van der Waals surface area contributed by atoms with Crippen LogP contribution in [0.4, 0.5) is 0 Å². The van der Waals surface area contributed by atoms with Crippen LogP contribution < -0.4 is 32.3 Å². The van der Waals surface area contributed by atoms with E-state index in [1.807, 2.05) is 42.5 Å². The van der Waals surface area contributed by atoms with Gasteiger partial charge in [0.05, 0.1) is 51.5 Å². The first-order valence-electron chi connectivity index (χ1n) is 10.6. The minimum atomic E-state index is 0. The van der Waals surface area contributed by atoms with Gasteiger partial charge >= 0.3 is 0 Å². The van der Waals surface area contributed by atoms with Crippen molar-refractivity contribution in [2.24, 2.45) is 0 Å². The fourth-order valence-corrected chi connectivity index (χ4v) is 4.40. The van der Waals surface area contributed by atoms with Gasteiger partial charge in [-0.15, -0.1) is 0 Å². The van der Waals surface area contributed by atoms with Gasteiger partial charge < -0.3 is 26.8 Å². The Morgan fingerprint density at radius 1 is 1.03 bits per heavy atom. The number of benzene rings is 2. The summed E-state index contributed by atoms with van der Waals surface area (Å²) in [6, 6.07) is 13.9. The Labute approximate surface area is 189 Å². The maximum Gasteiger partial charge on any atom is 0.274 e. The van der Waals surface area contributed by atoms with Gasteiger partial charge in [-0.3, -0.25) is 4.79 Å². The number of fused-ring (bicyclic) bond motifs is 1. The van der Waals surface area contributed by atoms with Crippen molar-refractivity contribution < 1.29 is 26.8 Å². The molecule has 0 amide bonds. The third-order valence-electron chi connectivity index (χ3n) is 6.12. The maximum absolute atomic E-state index is 13.3. The number of quaternary nitrogens is 1. The van der Waals surface area contributed by atoms with Crippen molar-refractivity contribution in [2.75, 3.05) is 34.4 Å². The maximum atomic E-state index is 13.3. The van der Waals surface area contributed by atoms with Gasteiger partial charge in [0.25, 0.3) is 5.56 Å². The number of hydrogen-bond acceptors (Lipinski definition) is 4. The molecule has 2 aromatic carbocycles. The fraction of sp³-hybridized carbons (Fsp3) is 0.417. The monoisotopic (exact) mass is 443 g/mol. The van der Waals surface area contributed by atoms with E-state index in [1.54, 1.807) is 18.9 Å². The smallest absolute Gasteiger partial charge is 0.274 e. The molecular formula is C24H30ClN3O3. The van der Waals surface area contributed by atoms with E-state index < -0.39 is 0 Å². The summed E-state index contributed by atoms with van der Waals surface area (Å²) in [6.45, 7) is 2.22. The molecule has 0 spiro atoms. The molecule has 0 saturated carbocycles. The molecule has 1 saturated heterocycles. The summed E-state index contributed by atoms with van der Waals surface area (Å²) >= 11 is 0. The van der Waals surface area contributed by atoms with Crippen molar-refractivity contribution in [2.45, 2.75) is 31.7 Å². The summed E-state index contributed by atoms with van der Waals surface area (Å²) in [6.07, 6.45) is 3.72. The second-order valence-electron chi connectivity index (χ2n) is 8.15. The predicted molar refractivity (Wildman–Crippen MR) is 118 cm³/mol. The highest BCUT2D eigenvalue weighted by Crippen LogP contribution is 2.29. The molecule has 2 heterocycles. The number of rotatable bonds is 5. The Balaban J connectivity index is 0.00000272. The van der Waals surface area contributed by atoms with Crippen molar-refractivity contribution in [3.63, 3.8) is 0 Å². The molecule has 1 fully saturated rings. The first kappa shape index (κ1) is 23.1. The lowest BCUT2D eigenvalue weighted by molar-refractivity contribution is -0.878. The number of likely N-dealkylation sites (tertiary alicyclic amines) is 1.